The molecule has 10 nitrogen and oxygen atoms in total. The van der Waals surface area contributed by atoms with Crippen LogP contribution in [0.15, 0.2) is 65.1 Å². The number of thiocarbonyl (C=S) groups is 1. The van der Waals surface area contributed by atoms with Crippen molar-refractivity contribution in [2.45, 2.75) is 0 Å². The molecule has 2 heterocycles. The maximum absolute atomic E-state index is 12.7. The number of halogens is 1. The first-order valence-electron chi connectivity index (χ1n) is 11.3. The molecule has 0 saturated carbocycles. The van der Waals surface area contributed by atoms with E-state index in [-0.39, 0.29) is 16.4 Å². The first kappa shape index (κ1) is 24.6. The Morgan fingerprint density at radius 2 is 1.84 bits per heavy atom. The van der Waals surface area contributed by atoms with Crippen molar-refractivity contribution in [2.24, 2.45) is 0 Å². The van der Waals surface area contributed by atoms with Gasteiger partial charge in [0.1, 0.15) is 11.2 Å². The van der Waals surface area contributed by atoms with Gasteiger partial charge in [-0.15, -0.1) is 0 Å². The van der Waals surface area contributed by atoms with E-state index in [1.165, 1.54) is 12.1 Å². The number of aromatic nitrogens is 1. The molecule has 188 valence electrons. The molecule has 1 aliphatic rings. The number of nitro groups is 1. The fraction of sp³-hybridized carbons (Fsp3) is 0.160. The van der Waals surface area contributed by atoms with Gasteiger partial charge < -0.3 is 19.4 Å². The summed E-state index contributed by atoms with van der Waals surface area (Å²) in [6.07, 6.45) is 0. The van der Waals surface area contributed by atoms with E-state index in [9.17, 15) is 14.9 Å². The number of carbonyl (C=O) groups excluding carboxylic acids is 1. The minimum absolute atomic E-state index is 0.0502. The van der Waals surface area contributed by atoms with Gasteiger partial charge in [0.15, 0.2) is 10.7 Å². The van der Waals surface area contributed by atoms with Gasteiger partial charge in [-0.25, -0.2) is 4.98 Å². The quantitative estimate of drug-likeness (QED) is 0.205. The Hall–Kier alpha value is -4.06. The number of morpholine rings is 1. The van der Waals surface area contributed by atoms with Crippen molar-refractivity contribution in [3.63, 3.8) is 0 Å². The number of fused-ring (bicyclic) bond motifs is 1. The van der Waals surface area contributed by atoms with E-state index < -0.39 is 10.8 Å². The standard InChI is InChI=1S/C25H20ClN5O5S/c26-17-4-8-22-19(14-17)28-24(36-22)15-1-5-18(6-2-15)27-25(37)29-23(32)16-3-7-20(21(13-16)31(33)34)30-9-11-35-12-10-30/h1-8,13-14H,9-12H2,(H2,27,29,32,37). The first-order valence-corrected chi connectivity index (χ1v) is 12.1. The number of amides is 1. The highest BCUT2D eigenvalue weighted by molar-refractivity contribution is 7.80. The molecule has 12 heteroatoms. The normalized spacial score (nSPS) is 13.4. The highest BCUT2D eigenvalue weighted by Crippen LogP contribution is 2.30. The van der Waals surface area contributed by atoms with Gasteiger partial charge in [0.05, 0.1) is 18.1 Å². The molecule has 4 aromatic rings. The predicted molar refractivity (Wildman–Crippen MR) is 144 cm³/mol. The van der Waals surface area contributed by atoms with Gasteiger partial charge in [0, 0.05) is 41.0 Å². The van der Waals surface area contributed by atoms with Crippen LogP contribution in [-0.2, 0) is 4.74 Å². The molecule has 1 aromatic heterocycles. The van der Waals surface area contributed by atoms with Crippen LogP contribution >= 0.6 is 23.8 Å². The van der Waals surface area contributed by atoms with Crippen LogP contribution in [0.5, 0.6) is 0 Å². The summed E-state index contributed by atoms with van der Waals surface area (Å²) < 4.78 is 11.1. The summed E-state index contributed by atoms with van der Waals surface area (Å²) in [5, 5.41) is 17.8. The largest absolute Gasteiger partial charge is 0.436 e. The molecule has 1 aliphatic heterocycles. The number of nitrogens with one attached hydrogen (secondary N) is 2. The summed E-state index contributed by atoms with van der Waals surface area (Å²) in [7, 11) is 0. The number of rotatable bonds is 5. The number of nitro benzene ring substituents is 1. The van der Waals surface area contributed by atoms with E-state index in [1.54, 1.807) is 48.5 Å². The SMILES string of the molecule is O=C(NC(=S)Nc1ccc(-c2nc3cc(Cl)ccc3o2)cc1)c1ccc(N2CCOCC2)c([N+](=O)[O-])c1. The molecule has 3 aromatic carbocycles. The summed E-state index contributed by atoms with van der Waals surface area (Å²) in [5.41, 5.74) is 3.09. The summed E-state index contributed by atoms with van der Waals surface area (Å²) in [4.78, 5) is 30.2. The smallest absolute Gasteiger partial charge is 0.293 e. The second-order valence-corrected chi connectivity index (χ2v) is 9.02. The van der Waals surface area contributed by atoms with Crippen LogP contribution in [0.1, 0.15) is 10.4 Å². The minimum Gasteiger partial charge on any atom is -0.436 e. The topological polar surface area (TPSA) is 123 Å². The van der Waals surface area contributed by atoms with Gasteiger partial charge >= 0.3 is 0 Å². The second kappa shape index (κ2) is 10.5. The minimum atomic E-state index is -0.559. The van der Waals surface area contributed by atoms with E-state index in [1.807, 2.05) is 4.90 Å². The van der Waals surface area contributed by atoms with Crippen LogP contribution in [0.4, 0.5) is 17.1 Å². The second-order valence-electron chi connectivity index (χ2n) is 8.18. The van der Waals surface area contributed by atoms with E-state index in [0.29, 0.717) is 59.7 Å². The monoisotopic (exact) mass is 537 g/mol. The van der Waals surface area contributed by atoms with E-state index in [0.717, 1.165) is 5.56 Å². The Labute approximate surface area is 221 Å². The molecule has 37 heavy (non-hydrogen) atoms. The van der Waals surface area contributed by atoms with E-state index in [4.69, 9.17) is 33.0 Å². The number of carbonyl (C=O) groups is 1. The number of oxazole rings is 1. The average molecular weight is 538 g/mol. The van der Waals surface area contributed by atoms with E-state index in [2.05, 4.69) is 15.6 Å². The molecule has 5 rings (SSSR count). The van der Waals surface area contributed by atoms with Crippen molar-refractivity contribution in [3.8, 4) is 11.5 Å². The van der Waals surface area contributed by atoms with Crippen LogP contribution in [-0.4, -0.2) is 47.2 Å². The average Bonchev–Trinajstić information content (AvgIpc) is 3.32. The van der Waals surface area contributed by atoms with Crippen molar-refractivity contribution in [3.05, 3.63) is 81.4 Å². The third-order valence-corrected chi connectivity index (χ3v) is 6.19. The first-order chi connectivity index (χ1) is 17.9. The molecular weight excluding hydrogens is 518 g/mol. The fourth-order valence-corrected chi connectivity index (χ4v) is 4.32. The number of benzene rings is 3. The van der Waals surface area contributed by atoms with Crippen LogP contribution in [0.25, 0.3) is 22.6 Å². The molecule has 0 spiro atoms. The molecule has 2 N–H and O–H groups in total. The van der Waals surface area contributed by atoms with Crippen molar-refractivity contribution in [2.75, 3.05) is 36.5 Å². The van der Waals surface area contributed by atoms with Crippen LogP contribution in [0.3, 0.4) is 0 Å². The highest BCUT2D eigenvalue weighted by Gasteiger charge is 2.23. The Bertz CT molecular complexity index is 1500. The van der Waals surface area contributed by atoms with Gasteiger partial charge in [0.25, 0.3) is 11.6 Å². The van der Waals surface area contributed by atoms with Gasteiger partial charge in [-0.05, 0) is 66.8 Å². The zero-order chi connectivity index (χ0) is 25.9. The maximum Gasteiger partial charge on any atom is 0.293 e. The van der Waals surface area contributed by atoms with Crippen LogP contribution in [0.2, 0.25) is 5.02 Å². The van der Waals surface area contributed by atoms with Crippen molar-refractivity contribution < 1.29 is 18.9 Å². The molecule has 1 fully saturated rings. The summed E-state index contributed by atoms with van der Waals surface area (Å²) in [5.74, 6) is -0.113. The Morgan fingerprint density at radius 3 is 2.57 bits per heavy atom. The van der Waals surface area contributed by atoms with Gasteiger partial charge in [-0.3, -0.25) is 20.2 Å². The van der Waals surface area contributed by atoms with Gasteiger partial charge in [-0.1, -0.05) is 11.6 Å². The van der Waals surface area contributed by atoms with E-state index >= 15 is 0 Å². The third kappa shape index (κ3) is 5.53. The molecule has 0 aliphatic carbocycles. The molecule has 1 saturated heterocycles. The summed E-state index contributed by atoms with van der Waals surface area (Å²) in [6, 6.07) is 16.7. The molecule has 0 atom stereocenters. The summed E-state index contributed by atoms with van der Waals surface area (Å²) >= 11 is 11.3. The lowest BCUT2D eigenvalue weighted by Gasteiger charge is -2.28. The van der Waals surface area contributed by atoms with Crippen LogP contribution in [0, 0.1) is 10.1 Å². The lowest BCUT2D eigenvalue weighted by molar-refractivity contribution is -0.384. The number of hydrogen-bond donors (Lipinski definition) is 2. The van der Waals surface area contributed by atoms with Gasteiger partial charge in [-0.2, -0.15) is 0 Å². The Kier molecular flexibility index (Phi) is 6.99. The molecule has 1 amide bonds. The lowest BCUT2D eigenvalue weighted by Crippen LogP contribution is -2.37. The number of ether oxygens (including phenoxy) is 1. The predicted octanol–water partition coefficient (Wildman–Crippen LogP) is 5.02. The summed E-state index contributed by atoms with van der Waals surface area (Å²) in [6.45, 7) is 2.06. The van der Waals surface area contributed by atoms with Crippen molar-refractivity contribution >= 4 is 63.0 Å². The van der Waals surface area contributed by atoms with Crippen molar-refractivity contribution in [1.29, 1.82) is 0 Å². The molecule has 0 radical (unpaired) electrons. The lowest BCUT2D eigenvalue weighted by atomic mass is 10.1. The Morgan fingerprint density at radius 1 is 1.08 bits per heavy atom. The third-order valence-electron chi connectivity index (χ3n) is 5.75. The highest BCUT2D eigenvalue weighted by atomic mass is 35.5. The molecule has 0 bridgehead atoms. The zero-order valence-corrected chi connectivity index (χ0v) is 20.8. The number of hydrogen-bond acceptors (Lipinski definition) is 8. The maximum atomic E-state index is 12.7. The Balaban J connectivity index is 1.24. The molecular formula is C25H20ClN5O5S. The zero-order valence-electron chi connectivity index (χ0n) is 19.3. The van der Waals surface area contributed by atoms with Crippen molar-refractivity contribution in [1.82, 2.24) is 10.3 Å². The van der Waals surface area contributed by atoms with Gasteiger partial charge in [0.2, 0.25) is 5.89 Å². The molecule has 0 unspecified atom stereocenters. The number of anilines is 2. The number of nitrogens with zero attached hydrogens (tertiary/aromatic N) is 3. The van der Waals surface area contributed by atoms with Crippen LogP contribution < -0.4 is 15.5 Å². The fourth-order valence-electron chi connectivity index (χ4n) is 3.94.